The number of ether oxygens (including phenoxy) is 2. The van der Waals surface area contributed by atoms with Gasteiger partial charge < -0.3 is 18.8 Å². The fraction of sp³-hybridized carbons (Fsp3) is 0.190. The molecule has 29 heavy (non-hydrogen) atoms. The van der Waals surface area contributed by atoms with E-state index in [0.717, 1.165) is 10.2 Å². The van der Waals surface area contributed by atoms with Gasteiger partial charge in [-0.15, -0.1) is 0 Å². The molecular weight excluding hydrogens is 440 g/mol. The largest absolute Gasteiger partial charge is 0.465 e. The van der Waals surface area contributed by atoms with Crippen molar-refractivity contribution in [2.24, 2.45) is 0 Å². The number of halogens is 1. The van der Waals surface area contributed by atoms with Gasteiger partial charge >= 0.3 is 11.9 Å². The van der Waals surface area contributed by atoms with Crippen LogP contribution in [0.4, 0.5) is 5.69 Å². The Labute approximate surface area is 176 Å². The Hall–Kier alpha value is -3.13. The second-order valence-corrected chi connectivity index (χ2v) is 7.37. The summed E-state index contributed by atoms with van der Waals surface area (Å²) >= 11 is 3.34. The van der Waals surface area contributed by atoms with Gasteiger partial charge in [-0.3, -0.25) is 4.79 Å². The molecule has 0 fully saturated rings. The van der Waals surface area contributed by atoms with E-state index >= 15 is 0 Å². The number of benzene rings is 1. The molecule has 1 aromatic carbocycles. The Kier molecular flexibility index (Phi) is 5.74. The highest BCUT2D eigenvalue weighted by molar-refractivity contribution is 9.10. The molecule has 7 nitrogen and oxygen atoms in total. The molecule has 0 aliphatic rings. The molecule has 0 spiro atoms. The monoisotopic (exact) mass is 458 g/mol. The molecule has 0 saturated carbocycles. The van der Waals surface area contributed by atoms with Crippen LogP contribution in [0.3, 0.4) is 0 Å². The number of rotatable bonds is 5. The third-order valence-corrected chi connectivity index (χ3v) is 5.07. The molecule has 0 atom stereocenters. The van der Waals surface area contributed by atoms with E-state index in [-0.39, 0.29) is 16.8 Å². The Morgan fingerprint density at radius 1 is 0.931 bits per heavy atom. The molecule has 8 heteroatoms. The van der Waals surface area contributed by atoms with Gasteiger partial charge in [-0.25, -0.2) is 9.59 Å². The Balaban J connectivity index is 2.40. The van der Waals surface area contributed by atoms with Gasteiger partial charge in [0.05, 0.1) is 19.7 Å². The standard InChI is InChI=1S/C21H19BrN2O5/c1-23(2)14-9-10-24-15(11-14)16(20(26)28-3)17(21(27)29-4)18(24)19(25)12-5-7-13(22)8-6-12/h5-11H,1-4H3. The molecular formula is C21H19BrN2O5. The summed E-state index contributed by atoms with van der Waals surface area (Å²) in [5, 5.41) is 0. The van der Waals surface area contributed by atoms with Crippen molar-refractivity contribution in [3.05, 3.63) is 69.5 Å². The Morgan fingerprint density at radius 3 is 2.07 bits per heavy atom. The Bertz CT molecular complexity index is 1120. The number of methoxy groups -OCH3 is 2. The quantitative estimate of drug-likeness (QED) is 0.429. The Morgan fingerprint density at radius 2 is 1.52 bits per heavy atom. The molecule has 3 aromatic rings. The van der Waals surface area contributed by atoms with Crippen LogP contribution < -0.4 is 4.90 Å². The number of ketones is 1. The third kappa shape index (κ3) is 3.63. The maximum atomic E-state index is 13.3. The summed E-state index contributed by atoms with van der Waals surface area (Å²) in [6, 6.07) is 10.2. The maximum Gasteiger partial charge on any atom is 0.341 e. The number of esters is 2. The van der Waals surface area contributed by atoms with Gasteiger partial charge in [-0.05, 0) is 36.4 Å². The first-order valence-electron chi connectivity index (χ1n) is 8.62. The molecule has 0 unspecified atom stereocenters. The van der Waals surface area contributed by atoms with Crippen LogP contribution in [0.5, 0.6) is 0 Å². The number of anilines is 1. The van der Waals surface area contributed by atoms with Gasteiger partial charge in [-0.1, -0.05) is 15.9 Å². The molecule has 150 valence electrons. The highest BCUT2D eigenvalue weighted by atomic mass is 79.9. The van der Waals surface area contributed by atoms with Crippen molar-refractivity contribution in [3.8, 4) is 0 Å². The van der Waals surface area contributed by atoms with Crippen molar-refractivity contribution in [3.63, 3.8) is 0 Å². The minimum absolute atomic E-state index is 0.0106. The van der Waals surface area contributed by atoms with E-state index in [0.29, 0.717) is 11.1 Å². The molecule has 2 heterocycles. The lowest BCUT2D eigenvalue weighted by Crippen LogP contribution is -2.15. The van der Waals surface area contributed by atoms with Gasteiger partial charge in [0.25, 0.3) is 0 Å². The maximum absolute atomic E-state index is 13.3. The van der Waals surface area contributed by atoms with E-state index in [4.69, 9.17) is 9.47 Å². The summed E-state index contributed by atoms with van der Waals surface area (Å²) in [6.07, 6.45) is 1.65. The van der Waals surface area contributed by atoms with Crippen LogP contribution in [0.15, 0.2) is 47.1 Å². The second-order valence-electron chi connectivity index (χ2n) is 6.45. The van der Waals surface area contributed by atoms with Crippen LogP contribution in [0.1, 0.15) is 36.8 Å². The fourth-order valence-corrected chi connectivity index (χ4v) is 3.36. The van der Waals surface area contributed by atoms with Crippen LogP contribution in [-0.4, -0.2) is 50.4 Å². The predicted molar refractivity (Wildman–Crippen MR) is 112 cm³/mol. The summed E-state index contributed by atoms with van der Waals surface area (Å²) < 4.78 is 12.1. The van der Waals surface area contributed by atoms with E-state index in [1.54, 1.807) is 42.6 Å². The smallest absolute Gasteiger partial charge is 0.341 e. The number of carbonyl (C=O) groups excluding carboxylic acids is 3. The summed E-state index contributed by atoms with van der Waals surface area (Å²) in [7, 11) is 6.12. The van der Waals surface area contributed by atoms with E-state index in [2.05, 4.69) is 15.9 Å². The molecule has 0 amide bonds. The number of hydrogen-bond acceptors (Lipinski definition) is 6. The average Bonchev–Trinajstić information content (AvgIpc) is 3.06. The molecule has 0 N–H and O–H groups in total. The minimum Gasteiger partial charge on any atom is -0.465 e. The number of carbonyl (C=O) groups is 3. The summed E-state index contributed by atoms with van der Waals surface area (Å²) in [6.45, 7) is 0. The van der Waals surface area contributed by atoms with Crippen molar-refractivity contribution in [2.45, 2.75) is 0 Å². The number of aromatic nitrogens is 1. The van der Waals surface area contributed by atoms with E-state index in [1.165, 1.54) is 18.6 Å². The first kappa shape index (κ1) is 20.6. The van der Waals surface area contributed by atoms with Crippen molar-refractivity contribution < 1.29 is 23.9 Å². The van der Waals surface area contributed by atoms with Gasteiger partial charge in [0.15, 0.2) is 0 Å². The molecule has 0 saturated heterocycles. The number of hydrogen-bond donors (Lipinski definition) is 0. The SMILES string of the molecule is COC(=O)c1c(C(=O)OC)c2cc(N(C)C)ccn2c1C(=O)c1ccc(Br)cc1. The van der Waals surface area contributed by atoms with Crippen molar-refractivity contribution in [1.82, 2.24) is 4.40 Å². The van der Waals surface area contributed by atoms with Crippen molar-refractivity contribution >= 4 is 44.9 Å². The average molecular weight is 459 g/mol. The molecule has 0 aliphatic carbocycles. The van der Waals surface area contributed by atoms with E-state index < -0.39 is 17.7 Å². The second kappa shape index (κ2) is 8.08. The van der Waals surface area contributed by atoms with E-state index in [9.17, 15) is 14.4 Å². The van der Waals surface area contributed by atoms with Crippen molar-refractivity contribution in [2.75, 3.05) is 33.2 Å². The number of nitrogens with zero attached hydrogens (tertiary/aromatic N) is 2. The predicted octanol–water partition coefficient (Wildman–Crippen LogP) is 3.57. The van der Waals surface area contributed by atoms with Crippen LogP contribution in [0.25, 0.3) is 5.52 Å². The first-order chi connectivity index (χ1) is 13.8. The van der Waals surface area contributed by atoms with Crippen LogP contribution in [0, 0.1) is 0 Å². The lowest BCUT2D eigenvalue weighted by molar-refractivity contribution is 0.0556. The van der Waals surface area contributed by atoms with Crippen LogP contribution >= 0.6 is 15.9 Å². The fourth-order valence-electron chi connectivity index (χ4n) is 3.09. The number of fused-ring (bicyclic) bond motifs is 1. The highest BCUT2D eigenvalue weighted by Crippen LogP contribution is 2.30. The van der Waals surface area contributed by atoms with Gasteiger partial charge in [0.2, 0.25) is 5.78 Å². The topological polar surface area (TPSA) is 77.3 Å². The molecule has 2 aromatic heterocycles. The third-order valence-electron chi connectivity index (χ3n) is 4.54. The molecule has 3 rings (SSSR count). The van der Waals surface area contributed by atoms with Crippen molar-refractivity contribution in [1.29, 1.82) is 0 Å². The highest BCUT2D eigenvalue weighted by Gasteiger charge is 2.33. The summed E-state index contributed by atoms with van der Waals surface area (Å²) in [5.74, 6) is -1.93. The lowest BCUT2D eigenvalue weighted by Gasteiger charge is -2.13. The summed E-state index contributed by atoms with van der Waals surface area (Å²) in [5.41, 5.74) is 1.44. The van der Waals surface area contributed by atoms with Crippen LogP contribution in [-0.2, 0) is 9.47 Å². The van der Waals surface area contributed by atoms with Crippen LogP contribution in [0.2, 0.25) is 0 Å². The lowest BCUT2D eigenvalue weighted by atomic mass is 10.0. The molecule has 0 aliphatic heterocycles. The minimum atomic E-state index is -0.791. The zero-order chi connectivity index (χ0) is 21.3. The normalized spacial score (nSPS) is 10.7. The van der Waals surface area contributed by atoms with Gasteiger partial charge in [0, 0.05) is 36.0 Å². The zero-order valence-electron chi connectivity index (χ0n) is 16.4. The zero-order valence-corrected chi connectivity index (χ0v) is 17.9. The van der Waals surface area contributed by atoms with E-state index in [1.807, 2.05) is 19.0 Å². The molecule has 0 radical (unpaired) electrons. The van der Waals surface area contributed by atoms with Gasteiger partial charge in [0.1, 0.15) is 16.8 Å². The molecule has 0 bridgehead atoms. The first-order valence-corrected chi connectivity index (χ1v) is 9.41. The van der Waals surface area contributed by atoms with Gasteiger partial charge in [-0.2, -0.15) is 0 Å². The number of pyridine rings is 1. The summed E-state index contributed by atoms with van der Waals surface area (Å²) in [4.78, 5) is 40.4.